The summed E-state index contributed by atoms with van der Waals surface area (Å²) in [5.41, 5.74) is 3.43. The minimum absolute atomic E-state index is 0.109. The van der Waals surface area contributed by atoms with Gasteiger partial charge >= 0.3 is 0 Å². The minimum atomic E-state index is -3.61. The highest BCUT2D eigenvalue weighted by molar-refractivity contribution is 7.89. The zero-order valence-electron chi connectivity index (χ0n) is 18.0. The van der Waals surface area contributed by atoms with E-state index < -0.39 is 10.0 Å². The van der Waals surface area contributed by atoms with Crippen molar-refractivity contribution in [1.29, 1.82) is 0 Å². The van der Waals surface area contributed by atoms with E-state index in [0.717, 1.165) is 24.2 Å². The number of rotatable bonds is 7. The quantitative estimate of drug-likeness (QED) is 0.731. The molecule has 1 amide bonds. The van der Waals surface area contributed by atoms with Crippen LogP contribution in [0, 0.1) is 6.92 Å². The SMILES string of the molecule is CCNS(=O)(=O)c1ccc(C)c(C(=O)N(C)Cc2ccc(N3CCCCC3)cc2)c1. The first kappa shape index (κ1) is 22.3. The van der Waals surface area contributed by atoms with Gasteiger partial charge in [0.15, 0.2) is 0 Å². The number of aryl methyl sites for hydroxylation is 1. The highest BCUT2D eigenvalue weighted by atomic mass is 32.2. The molecule has 1 N–H and O–H groups in total. The number of sulfonamides is 1. The summed E-state index contributed by atoms with van der Waals surface area (Å²) in [5, 5.41) is 0. The largest absolute Gasteiger partial charge is 0.372 e. The normalized spacial score (nSPS) is 14.6. The number of hydrogen-bond acceptors (Lipinski definition) is 4. The fraction of sp³-hybridized carbons (Fsp3) is 0.435. The van der Waals surface area contributed by atoms with Crippen LogP contribution in [0.1, 0.15) is 47.7 Å². The molecule has 1 heterocycles. The van der Waals surface area contributed by atoms with Crippen LogP contribution in [0.2, 0.25) is 0 Å². The van der Waals surface area contributed by atoms with Crippen molar-refractivity contribution in [3.8, 4) is 0 Å². The Hall–Kier alpha value is -2.38. The average Bonchev–Trinajstić information content (AvgIpc) is 2.74. The van der Waals surface area contributed by atoms with Gasteiger partial charge in [-0.3, -0.25) is 4.79 Å². The van der Waals surface area contributed by atoms with Gasteiger partial charge in [-0.25, -0.2) is 13.1 Å². The standard InChI is InChI=1S/C23H31N3O3S/c1-4-24-30(28,29)21-13-8-18(2)22(16-21)23(27)25(3)17-19-9-11-20(12-10-19)26-14-6-5-7-15-26/h8-13,16,24H,4-7,14-15,17H2,1-3H3. The van der Waals surface area contributed by atoms with Crippen molar-refractivity contribution in [2.24, 2.45) is 0 Å². The van der Waals surface area contributed by atoms with E-state index in [1.54, 1.807) is 24.9 Å². The first-order valence-electron chi connectivity index (χ1n) is 10.5. The van der Waals surface area contributed by atoms with Gasteiger partial charge in [-0.1, -0.05) is 25.1 Å². The van der Waals surface area contributed by atoms with Crippen LogP contribution in [-0.2, 0) is 16.6 Å². The number of carbonyl (C=O) groups excluding carboxylic acids is 1. The first-order chi connectivity index (χ1) is 14.3. The van der Waals surface area contributed by atoms with Crippen molar-refractivity contribution in [1.82, 2.24) is 9.62 Å². The molecular formula is C23H31N3O3S. The second kappa shape index (κ2) is 9.62. The van der Waals surface area contributed by atoms with Gasteiger partial charge in [0.25, 0.3) is 5.91 Å². The predicted molar refractivity (Wildman–Crippen MR) is 120 cm³/mol. The molecule has 0 atom stereocenters. The Morgan fingerprint density at radius 2 is 1.73 bits per heavy atom. The number of nitrogens with one attached hydrogen (secondary N) is 1. The zero-order chi connectivity index (χ0) is 21.7. The van der Waals surface area contributed by atoms with Gasteiger partial charge < -0.3 is 9.80 Å². The number of piperidine rings is 1. The summed E-state index contributed by atoms with van der Waals surface area (Å²) in [6.45, 7) is 6.50. The topological polar surface area (TPSA) is 69.7 Å². The lowest BCUT2D eigenvalue weighted by atomic mass is 10.1. The summed E-state index contributed by atoms with van der Waals surface area (Å²) in [5.74, 6) is -0.193. The maximum atomic E-state index is 13.0. The molecule has 1 aliphatic rings. The Balaban J connectivity index is 1.72. The average molecular weight is 430 g/mol. The zero-order valence-corrected chi connectivity index (χ0v) is 18.8. The predicted octanol–water partition coefficient (Wildman–Crippen LogP) is 3.56. The molecule has 2 aromatic rings. The van der Waals surface area contributed by atoms with Gasteiger partial charge in [0.05, 0.1) is 4.90 Å². The Labute approximate surface area is 179 Å². The van der Waals surface area contributed by atoms with E-state index in [2.05, 4.69) is 33.9 Å². The molecular weight excluding hydrogens is 398 g/mol. The van der Waals surface area contributed by atoms with E-state index in [1.807, 2.05) is 6.92 Å². The van der Waals surface area contributed by atoms with Crippen molar-refractivity contribution >= 4 is 21.6 Å². The number of amides is 1. The van der Waals surface area contributed by atoms with E-state index in [1.165, 1.54) is 37.1 Å². The number of benzene rings is 2. The molecule has 0 radical (unpaired) electrons. The van der Waals surface area contributed by atoms with Crippen LogP contribution in [0.5, 0.6) is 0 Å². The Morgan fingerprint density at radius 3 is 2.37 bits per heavy atom. The minimum Gasteiger partial charge on any atom is -0.372 e. The van der Waals surface area contributed by atoms with Crippen molar-refractivity contribution in [2.45, 2.75) is 44.6 Å². The molecule has 0 spiro atoms. The number of hydrogen-bond donors (Lipinski definition) is 1. The molecule has 0 bridgehead atoms. The third-order valence-corrected chi connectivity index (χ3v) is 7.05. The first-order valence-corrected chi connectivity index (χ1v) is 12.0. The molecule has 30 heavy (non-hydrogen) atoms. The van der Waals surface area contributed by atoms with E-state index in [4.69, 9.17) is 0 Å². The van der Waals surface area contributed by atoms with Crippen LogP contribution in [-0.4, -0.2) is 45.9 Å². The second-order valence-corrected chi connectivity index (χ2v) is 9.62. The van der Waals surface area contributed by atoms with E-state index in [-0.39, 0.29) is 10.8 Å². The fourth-order valence-electron chi connectivity index (χ4n) is 3.79. The highest BCUT2D eigenvalue weighted by Crippen LogP contribution is 2.22. The van der Waals surface area contributed by atoms with Crippen LogP contribution < -0.4 is 9.62 Å². The summed E-state index contributed by atoms with van der Waals surface area (Å²) in [6, 6.07) is 13.0. The summed E-state index contributed by atoms with van der Waals surface area (Å²) in [4.78, 5) is 17.2. The number of nitrogens with zero attached hydrogens (tertiary/aromatic N) is 2. The van der Waals surface area contributed by atoms with Gasteiger partial charge in [-0.2, -0.15) is 0 Å². The summed E-state index contributed by atoms with van der Waals surface area (Å²) < 4.78 is 27.1. The van der Waals surface area contributed by atoms with Crippen molar-refractivity contribution in [2.75, 3.05) is 31.6 Å². The van der Waals surface area contributed by atoms with Crippen LogP contribution >= 0.6 is 0 Å². The summed E-state index contributed by atoms with van der Waals surface area (Å²) >= 11 is 0. The monoisotopic (exact) mass is 429 g/mol. The lowest BCUT2D eigenvalue weighted by molar-refractivity contribution is 0.0784. The molecule has 3 rings (SSSR count). The van der Waals surface area contributed by atoms with E-state index in [0.29, 0.717) is 18.7 Å². The maximum Gasteiger partial charge on any atom is 0.254 e. The molecule has 0 saturated carbocycles. The Bertz CT molecular complexity index is 981. The molecule has 0 aromatic heterocycles. The van der Waals surface area contributed by atoms with Crippen molar-refractivity contribution in [3.63, 3.8) is 0 Å². The molecule has 7 heteroatoms. The maximum absolute atomic E-state index is 13.0. The molecule has 6 nitrogen and oxygen atoms in total. The number of carbonyl (C=O) groups is 1. The van der Waals surface area contributed by atoms with E-state index >= 15 is 0 Å². The second-order valence-electron chi connectivity index (χ2n) is 7.85. The summed E-state index contributed by atoms with van der Waals surface area (Å²) in [6.07, 6.45) is 3.78. The number of anilines is 1. The van der Waals surface area contributed by atoms with Gasteiger partial charge in [-0.15, -0.1) is 0 Å². The summed E-state index contributed by atoms with van der Waals surface area (Å²) in [7, 11) is -1.87. The Kier molecular flexibility index (Phi) is 7.15. The Morgan fingerprint density at radius 1 is 1.07 bits per heavy atom. The molecule has 2 aromatic carbocycles. The molecule has 0 aliphatic carbocycles. The molecule has 162 valence electrons. The smallest absolute Gasteiger partial charge is 0.254 e. The highest BCUT2D eigenvalue weighted by Gasteiger charge is 2.20. The molecule has 1 fully saturated rings. The van der Waals surface area contributed by atoms with Gasteiger partial charge in [-0.05, 0) is 61.6 Å². The van der Waals surface area contributed by atoms with E-state index in [9.17, 15) is 13.2 Å². The third kappa shape index (κ3) is 5.21. The lowest BCUT2D eigenvalue weighted by Crippen LogP contribution is -2.29. The molecule has 0 unspecified atom stereocenters. The van der Waals surface area contributed by atoms with Gasteiger partial charge in [0, 0.05) is 44.5 Å². The van der Waals surface area contributed by atoms with Gasteiger partial charge in [0.1, 0.15) is 0 Å². The third-order valence-electron chi connectivity index (χ3n) is 5.51. The molecule has 1 saturated heterocycles. The fourth-order valence-corrected chi connectivity index (χ4v) is 4.85. The van der Waals surface area contributed by atoms with Crippen LogP contribution in [0.25, 0.3) is 0 Å². The van der Waals surface area contributed by atoms with Crippen LogP contribution in [0.4, 0.5) is 5.69 Å². The van der Waals surface area contributed by atoms with Crippen molar-refractivity contribution in [3.05, 3.63) is 59.2 Å². The van der Waals surface area contributed by atoms with Gasteiger partial charge in [0.2, 0.25) is 10.0 Å². The van der Waals surface area contributed by atoms with Crippen LogP contribution in [0.3, 0.4) is 0 Å². The molecule has 1 aliphatic heterocycles. The lowest BCUT2D eigenvalue weighted by Gasteiger charge is -2.29. The van der Waals surface area contributed by atoms with Crippen molar-refractivity contribution < 1.29 is 13.2 Å². The van der Waals surface area contributed by atoms with Crippen LogP contribution in [0.15, 0.2) is 47.4 Å².